The molecule has 0 spiro atoms. The Kier molecular flexibility index (Phi) is 4.20. The molecule has 0 radical (unpaired) electrons. The number of nitrogens with zero attached hydrogens (tertiary/aromatic N) is 2. The van der Waals surface area contributed by atoms with Crippen molar-refractivity contribution in [3.05, 3.63) is 61.1 Å². The van der Waals surface area contributed by atoms with Crippen LogP contribution in [0.4, 0.5) is 16.0 Å². The first kappa shape index (κ1) is 15.6. The van der Waals surface area contributed by atoms with E-state index in [1.807, 2.05) is 18.2 Å². The van der Waals surface area contributed by atoms with Gasteiger partial charge in [0.25, 0.3) is 0 Å². The van der Waals surface area contributed by atoms with E-state index in [2.05, 4.69) is 27.2 Å². The number of hydrogen-bond donors (Lipinski definition) is 2. The van der Waals surface area contributed by atoms with E-state index in [-0.39, 0.29) is 0 Å². The fourth-order valence-corrected chi connectivity index (χ4v) is 2.35. The zero-order valence-corrected chi connectivity index (χ0v) is 13.0. The third-order valence-corrected chi connectivity index (χ3v) is 3.49. The molecule has 0 bridgehead atoms. The fraction of sp³-hybridized carbons (Fsp3) is 0.0556. The van der Waals surface area contributed by atoms with Gasteiger partial charge in [-0.3, -0.25) is 4.79 Å². The third kappa shape index (κ3) is 3.22. The molecule has 3 rings (SSSR count). The lowest BCUT2D eigenvalue weighted by Gasteiger charge is -2.08. The average Bonchev–Trinajstić information content (AvgIpc) is 2.60. The molecule has 0 aliphatic carbocycles. The van der Waals surface area contributed by atoms with Crippen LogP contribution in [0.1, 0.15) is 0 Å². The van der Waals surface area contributed by atoms with Crippen molar-refractivity contribution in [3.8, 4) is 11.1 Å². The van der Waals surface area contributed by atoms with Gasteiger partial charge in [-0.2, -0.15) is 0 Å². The summed E-state index contributed by atoms with van der Waals surface area (Å²) in [5.41, 5.74) is 2.54. The van der Waals surface area contributed by atoms with Gasteiger partial charge in [-0.25, -0.2) is 14.4 Å². The van der Waals surface area contributed by atoms with Crippen LogP contribution in [-0.2, 0) is 4.79 Å². The number of anilines is 2. The number of aromatic nitrogens is 2. The van der Waals surface area contributed by atoms with Crippen LogP contribution in [0.2, 0.25) is 0 Å². The summed E-state index contributed by atoms with van der Waals surface area (Å²) in [4.78, 5) is 20.0. The number of amides is 1. The quantitative estimate of drug-likeness (QED) is 0.720. The normalized spacial score (nSPS) is 10.4. The van der Waals surface area contributed by atoms with E-state index in [1.54, 1.807) is 19.3 Å². The number of nitrogens with one attached hydrogen (secondary N) is 2. The first-order chi connectivity index (χ1) is 11.6. The van der Waals surface area contributed by atoms with E-state index in [1.165, 1.54) is 12.1 Å². The maximum Gasteiger partial charge on any atom is 0.247 e. The lowest BCUT2D eigenvalue weighted by atomic mass is 10.0. The predicted octanol–water partition coefficient (Wildman–Crippen LogP) is 3.60. The molecule has 2 N–H and O–H groups in total. The Morgan fingerprint density at radius 2 is 2.04 bits per heavy atom. The zero-order valence-electron chi connectivity index (χ0n) is 13.0. The highest BCUT2D eigenvalue weighted by Gasteiger charge is 2.07. The molecule has 6 heteroatoms. The van der Waals surface area contributed by atoms with Crippen LogP contribution in [0, 0.1) is 5.82 Å². The van der Waals surface area contributed by atoms with E-state index < -0.39 is 11.7 Å². The lowest BCUT2D eigenvalue weighted by molar-refractivity contribution is -0.111. The number of hydrogen-bond acceptors (Lipinski definition) is 4. The van der Waals surface area contributed by atoms with Gasteiger partial charge in [-0.15, -0.1) is 0 Å². The van der Waals surface area contributed by atoms with Crippen molar-refractivity contribution in [2.45, 2.75) is 0 Å². The van der Waals surface area contributed by atoms with Crippen LogP contribution < -0.4 is 10.6 Å². The molecular weight excluding hydrogens is 307 g/mol. The van der Waals surface area contributed by atoms with Gasteiger partial charge in [-0.1, -0.05) is 18.7 Å². The number of fused-ring (bicyclic) bond motifs is 1. The summed E-state index contributed by atoms with van der Waals surface area (Å²) in [6.07, 6.45) is 2.86. The Bertz CT molecular complexity index is 939. The minimum absolute atomic E-state index is 0.369. The second-order valence-electron chi connectivity index (χ2n) is 5.14. The number of benzene rings is 2. The smallest absolute Gasteiger partial charge is 0.247 e. The largest absolute Gasteiger partial charge is 0.357 e. The van der Waals surface area contributed by atoms with Crippen LogP contribution in [0.25, 0.3) is 22.0 Å². The molecule has 24 heavy (non-hydrogen) atoms. The Labute approximate surface area is 138 Å². The molecule has 2 aromatic carbocycles. The second kappa shape index (κ2) is 6.45. The van der Waals surface area contributed by atoms with Gasteiger partial charge in [0.05, 0.1) is 5.52 Å². The number of carbonyl (C=O) groups is 1. The highest BCUT2D eigenvalue weighted by molar-refractivity contribution is 5.99. The van der Waals surface area contributed by atoms with Crippen LogP contribution >= 0.6 is 0 Å². The summed E-state index contributed by atoms with van der Waals surface area (Å²) in [7, 11) is 1.74. The van der Waals surface area contributed by atoms with Gasteiger partial charge < -0.3 is 10.6 Å². The van der Waals surface area contributed by atoms with Crippen molar-refractivity contribution >= 4 is 28.4 Å². The molecule has 0 saturated carbocycles. The number of halogens is 1. The van der Waals surface area contributed by atoms with Gasteiger partial charge in [-0.05, 0) is 41.5 Å². The number of rotatable bonds is 4. The molecule has 5 nitrogen and oxygen atoms in total. The Balaban J connectivity index is 2.05. The van der Waals surface area contributed by atoms with Crippen LogP contribution in [0.5, 0.6) is 0 Å². The second-order valence-corrected chi connectivity index (χ2v) is 5.14. The topological polar surface area (TPSA) is 66.9 Å². The summed E-state index contributed by atoms with van der Waals surface area (Å²) in [6, 6.07) is 9.95. The molecule has 0 unspecified atom stereocenters. The molecule has 1 amide bonds. The Morgan fingerprint density at radius 1 is 1.21 bits per heavy atom. The maximum atomic E-state index is 13.9. The number of carbonyl (C=O) groups excluding carboxylic acids is 1. The van der Waals surface area contributed by atoms with Gasteiger partial charge in [0.15, 0.2) is 0 Å². The standard InChI is InChI=1S/C18H15FN4O/c1-3-17(24)22-15-7-13(6-14(19)9-15)11-4-5-12-10-21-18(20-2)23-16(12)8-11/h3-10H,1H2,2H3,(H,22,24)(H,20,21,23). The van der Waals surface area contributed by atoms with E-state index in [9.17, 15) is 9.18 Å². The first-order valence-electron chi connectivity index (χ1n) is 7.28. The van der Waals surface area contributed by atoms with Crippen molar-refractivity contribution in [1.29, 1.82) is 0 Å². The minimum atomic E-state index is -0.439. The van der Waals surface area contributed by atoms with E-state index in [0.717, 1.165) is 22.5 Å². The monoisotopic (exact) mass is 322 g/mol. The Morgan fingerprint density at radius 3 is 2.79 bits per heavy atom. The summed E-state index contributed by atoms with van der Waals surface area (Å²) in [5, 5.41) is 6.33. The predicted molar refractivity (Wildman–Crippen MR) is 93.3 cm³/mol. The summed E-state index contributed by atoms with van der Waals surface area (Å²) in [5.74, 6) is -0.320. The fourth-order valence-electron chi connectivity index (χ4n) is 2.35. The van der Waals surface area contributed by atoms with E-state index in [0.29, 0.717) is 17.2 Å². The van der Waals surface area contributed by atoms with Crippen molar-refractivity contribution in [2.75, 3.05) is 17.7 Å². The van der Waals surface area contributed by atoms with Crippen molar-refractivity contribution in [1.82, 2.24) is 9.97 Å². The molecule has 0 saturated heterocycles. The van der Waals surface area contributed by atoms with Gasteiger partial charge >= 0.3 is 0 Å². The molecule has 0 aliphatic heterocycles. The molecule has 1 aromatic heterocycles. The molecule has 0 fully saturated rings. The highest BCUT2D eigenvalue weighted by Crippen LogP contribution is 2.27. The van der Waals surface area contributed by atoms with Crippen LogP contribution in [-0.4, -0.2) is 22.9 Å². The molecule has 0 atom stereocenters. The van der Waals surface area contributed by atoms with Gasteiger partial charge in [0.2, 0.25) is 11.9 Å². The van der Waals surface area contributed by atoms with Crippen molar-refractivity contribution in [3.63, 3.8) is 0 Å². The van der Waals surface area contributed by atoms with Crippen LogP contribution in [0.15, 0.2) is 55.3 Å². The molecule has 120 valence electrons. The molecule has 1 heterocycles. The summed E-state index contributed by atoms with van der Waals surface area (Å²) in [6.45, 7) is 3.38. The lowest BCUT2D eigenvalue weighted by Crippen LogP contribution is -2.07. The summed E-state index contributed by atoms with van der Waals surface area (Å²) >= 11 is 0. The average molecular weight is 322 g/mol. The highest BCUT2D eigenvalue weighted by atomic mass is 19.1. The molecule has 3 aromatic rings. The van der Waals surface area contributed by atoms with Gasteiger partial charge in [0, 0.05) is 24.3 Å². The summed E-state index contributed by atoms with van der Waals surface area (Å²) < 4.78 is 13.9. The minimum Gasteiger partial charge on any atom is -0.357 e. The molecular formula is C18H15FN4O. The van der Waals surface area contributed by atoms with Crippen LogP contribution in [0.3, 0.4) is 0 Å². The van der Waals surface area contributed by atoms with Crippen molar-refractivity contribution in [2.24, 2.45) is 0 Å². The van der Waals surface area contributed by atoms with E-state index in [4.69, 9.17) is 0 Å². The first-order valence-corrected chi connectivity index (χ1v) is 7.28. The maximum absolute atomic E-state index is 13.9. The molecule has 0 aliphatic rings. The Hall–Kier alpha value is -3.28. The SMILES string of the molecule is C=CC(=O)Nc1cc(F)cc(-c2ccc3cnc(NC)nc3c2)c1. The van der Waals surface area contributed by atoms with Gasteiger partial charge in [0.1, 0.15) is 5.82 Å². The van der Waals surface area contributed by atoms with Crippen molar-refractivity contribution < 1.29 is 9.18 Å². The zero-order chi connectivity index (χ0) is 17.1. The van der Waals surface area contributed by atoms with E-state index >= 15 is 0 Å². The third-order valence-electron chi connectivity index (χ3n) is 3.49.